The van der Waals surface area contributed by atoms with Crippen LogP contribution in [0, 0.1) is 0 Å². The van der Waals surface area contributed by atoms with Crippen molar-refractivity contribution < 1.29 is 0 Å². The summed E-state index contributed by atoms with van der Waals surface area (Å²) in [6.45, 7) is 5.99. The molecule has 3 heteroatoms. The van der Waals surface area contributed by atoms with E-state index in [1.807, 2.05) is 11.8 Å². The maximum Gasteiger partial charge on any atom is 0.0335 e. The number of nitrogens with one attached hydrogen (secondary N) is 1. The maximum atomic E-state index is 3.79. The minimum Gasteiger partial charge on any atom is -0.311 e. The van der Waals surface area contributed by atoms with Gasteiger partial charge in [-0.2, -0.15) is 0 Å². The van der Waals surface area contributed by atoms with E-state index in [0.29, 0.717) is 11.6 Å². The first-order chi connectivity index (χ1) is 10.3. The molecule has 0 radical (unpaired) electrons. The molecule has 1 N–H and O–H groups in total. The van der Waals surface area contributed by atoms with Crippen LogP contribution in [0.2, 0.25) is 0 Å². The number of hydrogen-bond acceptors (Lipinski definition) is 3. The van der Waals surface area contributed by atoms with Crippen LogP contribution in [0.1, 0.15) is 39.0 Å². The number of nitrogens with zero attached hydrogens (tertiary/aromatic N) is 1. The Morgan fingerprint density at radius 2 is 2.00 bits per heavy atom. The lowest BCUT2D eigenvalue weighted by atomic mass is 9.90. The quantitative estimate of drug-likeness (QED) is 0.834. The highest BCUT2D eigenvalue weighted by Gasteiger charge is 2.42. The van der Waals surface area contributed by atoms with Gasteiger partial charge in [0, 0.05) is 41.9 Å². The average molecular weight is 305 g/mol. The molecule has 116 valence electrons. The van der Waals surface area contributed by atoms with Crippen LogP contribution in [0.25, 0.3) is 0 Å². The highest BCUT2D eigenvalue weighted by molar-refractivity contribution is 7.99. The molecule has 1 aromatic carbocycles. The van der Waals surface area contributed by atoms with E-state index in [9.17, 15) is 0 Å². The molecule has 1 atom stereocenters. The third-order valence-corrected chi connectivity index (χ3v) is 6.22. The summed E-state index contributed by atoms with van der Waals surface area (Å²) in [6.07, 6.45) is 6.87. The first-order valence-corrected chi connectivity index (χ1v) is 9.47. The normalized spacial score (nSPS) is 25.5. The van der Waals surface area contributed by atoms with Gasteiger partial charge in [-0.25, -0.2) is 0 Å². The van der Waals surface area contributed by atoms with Gasteiger partial charge in [0.25, 0.3) is 0 Å². The molecule has 2 nitrogen and oxygen atoms in total. The molecule has 0 bridgehead atoms. The molecule has 1 spiro atoms. The van der Waals surface area contributed by atoms with Gasteiger partial charge in [0.15, 0.2) is 0 Å². The predicted octanol–water partition coefficient (Wildman–Crippen LogP) is 3.78. The minimum absolute atomic E-state index is 0.475. The van der Waals surface area contributed by atoms with Crippen LogP contribution in [-0.4, -0.2) is 41.9 Å². The van der Waals surface area contributed by atoms with Crippen molar-refractivity contribution in [2.24, 2.45) is 0 Å². The average Bonchev–Trinajstić information content (AvgIpc) is 3.00. The largest absolute Gasteiger partial charge is 0.311 e. The number of benzene rings is 1. The number of thioether (sulfide) groups is 1. The Hall–Kier alpha value is -0.510. The van der Waals surface area contributed by atoms with Crippen LogP contribution in [0.15, 0.2) is 35.2 Å². The first kappa shape index (κ1) is 15.4. The van der Waals surface area contributed by atoms with Crippen molar-refractivity contribution in [3.63, 3.8) is 0 Å². The van der Waals surface area contributed by atoms with E-state index in [4.69, 9.17) is 0 Å². The van der Waals surface area contributed by atoms with E-state index < -0.39 is 0 Å². The van der Waals surface area contributed by atoms with Gasteiger partial charge in [0.05, 0.1) is 0 Å². The molecule has 1 saturated heterocycles. The van der Waals surface area contributed by atoms with E-state index >= 15 is 0 Å². The Morgan fingerprint density at radius 3 is 2.71 bits per heavy atom. The van der Waals surface area contributed by atoms with Gasteiger partial charge in [-0.15, -0.1) is 11.8 Å². The molecular weight excluding hydrogens is 276 g/mol. The lowest BCUT2D eigenvalue weighted by molar-refractivity contribution is 0.0484. The van der Waals surface area contributed by atoms with Gasteiger partial charge in [0.2, 0.25) is 0 Å². The van der Waals surface area contributed by atoms with E-state index in [1.165, 1.54) is 62.4 Å². The second-order valence-corrected chi connectivity index (χ2v) is 7.69. The molecule has 2 aliphatic rings. The zero-order valence-corrected chi connectivity index (χ0v) is 14.0. The topological polar surface area (TPSA) is 15.3 Å². The van der Waals surface area contributed by atoms with Crippen LogP contribution in [0.5, 0.6) is 0 Å². The first-order valence-electron chi connectivity index (χ1n) is 8.49. The fraction of sp³-hybridized carbons (Fsp3) is 0.667. The molecule has 0 aromatic heterocycles. The second kappa shape index (κ2) is 7.17. The second-order valence-electron chi connectivity index (χ2n) is 6.53. The number of hydrogen-bond donors (Lipinski definition) is 1. The Morgan fingerprint density at radius 1 is 1.24 bits per heavy atom. The van der Waals surface area contributed by atoms with Gasteiger partial charge in [-0.1, -0.05) is 38.0 Å². The lowest BCUT2D eigenvalue weighted by Gasteiger charge is -2.48. The summed E-state index contributed by atoms with van der Waals surface area (Å²) in [4.78, 5) is 4.22. The summed E-state index contributed by atoms with van der Waals surface area (Å²) in [5.74, 6) is 1.21. The zero-order chi connectivity index (χ0) is 14.5. The summed E-state index contributed by atoms with van der Waals surface area (Å²) in [5.41, 5.74) is 0.475. The number of rotatable bonds is 5. The third-order valence-electron chi connectivity index (χ3n) is 5.23. The van der Waals surface area contributed by atoms with Crippen LogP contribution >= 0.6 is 11.8 Å². The van der Waals surface area contributed by atoms with Gasteiger partial charge < -0.3 is 5.32 Å². The molecule has 1 aromatic rings. The Labute approximate surface area is 133 Å². The van der Waals surface area contributed by atoms with Crippen LogP contribution in [0.4, 0.5) is 0 Å². The van der Waals surface area contributed by atoms with Crippen LogP contribution in [0.3, 0.4) is 0 Å². The number of piperazine rings is 1. The van der Waals surface area contributed by atoms with Crippen molar-refractivity contribution in [3.8, 4) is 0 Å². The van der Waals surface area contributed by atoms with Crippen molar-refractivity contribution >= 4 is 11.8 Å². The molecule has 2 fully saturated rings. The van der Waals surface area contributed by atoms with Gasteiger partial charge in [0.1, 0.15) is 0 Å². The summed E-state index contributed by atoms with van der Waals surface area (Å²) < 4.78 is 0. The molecule has 1 aliphatic carbocycles. The summed E-state index contributed by atoms with van der Waals surface area (Å²) in [6, 6.07) is 11.5. The standard InChI is InChI=1S/C18H28N2S/c1-2-16-14-20(18(15-19-16)10-6-7-11-18)12-13-21-17-8-4-3-5-9-17/h3-5,8-9,16,19H,2,6-7,10-15H2,1H3. The third kappa shape index (κ3) is 3.64. The smallest absolute Gasteiger partial charge is 0.0335 e. The van der Waals surface area contributed by atoms with E-state index in [1.54, 1.807) is 0 Å². The zero-order valence-electron chi connectivity index (χ0n) is 13.2. The van der Waals surface area contributed by atoms with Gasteiger partial charge in [-0.05, 0) is 31.4 Å². The Bertz CT molecular complexity index is 428. The molecule has 1 unspecified atom stereocenters. The SMILES string of the molecule is CCC1CN(CCSc2ccccc2)C2(CCCC2)CN1. The van der Waals surface area contributed by atoms with Gasteiger partial charge >= 0.3 is 0 Å². The molecular formula is C18H28N2S. The summed E-state index contributed by atoms with van der Waals surface area (Å²) >= 11 is 2.00. The summed E-state index contributed by atoms with van der Waals surface area (Å²) in [5, 5.41) is 3.79. The van der Waals surface area contributed by atoms with Crippen molar-refractivity contribution in [2.75, 3.05) is 25.4 Å². The fourth-order valence-corrected chi connectivity index (χ4v) is 4.79. The summed E-state index contributed by atoms with van der Waals surface area (Å²) in [7, 11) is 0. The van der Waals surface area contributed by atoms with Crippen molar-refractivity contribution in [2.45, 2.75) is 55.5 Å². The van der Waals surface area contributed by atoms with Crippen LogP contribution < -0.4 is 5.32 Å². The highest BCUT2D eigenvalue weighted by Crippen LogP contribution is 2.37. The predicted molar refractivity (Wildman–Crippen MR) is 92.0 cm³/mol. The van der Waals surface area contributed by atoms with Gasteiger partial charge in [-0.3, -0.25) is 4.90 Å². The van der Waals surface area contributed by atoms with Crippen LogP contribution in [-0.2, 0) is 0 Å². The molecule has 3 rings (SSSR count). The minimum atomic E-state index is 0.475. The van der Waals surface area contributed by atoms with Crippen molar-refractivity contribution in [3.05, 3.63) is 30.3 Å². The monoisotopic (exact) mass is 304 g/mol. The molecule has 0 amide bonds. The Kier molecular flexibility index (Phi) is 5.25. The van der Waals surface area contributed by atoms with E-state index in [2.05, 4.69) is 47.5 Å². The van der Waals surface area contributed by atoms with Crippen molar-refractivity contribution in [1.82, 2.24) is 10.2 Å². The maximum absolute atomic E-state index is 3.79. The molecule has 1 aliphatic heterocycles. The Balaban J connectivity index is 1.57. The molecule has 1 saturated carbocycles. The lowest BCUT2D eigenvalue weighted by Crippen LogP contribution is -2.63. The van der Waals surface area contributed by atoms with E-state index in [0.717, 1.165) is 0 Å². The molecule has 1 heterocycles. The highest BCUT2D eigenvalue weighted by atomic mass is 32.2. The van der Waals surface area contributed by atoms with E-state index in [-0.39, 0.29) is 0 Å². The molecule has 21 heavy (non-hydrogen) atoms. The van der Waals surface area contributed by atoms with Crippen molar-refractivity contribution in [1.29, 1.82) is 0 Å². The fourth-order valence-electron chi connectivity index (χ4n) is 3.89.